The fraction of sp³-hybridized carbons (Fsp3) is 1.00. The Hall–Kier alpha value is -0.0800. The van der Waals surface area contributed by atoms with Crippen LogP contribution in [0.2, 0.25) is 0 Å². The molecule has 0 aliphatic carbocycles. The van der Waals surface area contributed by atoms with Gasteiger partial charge in [0, 0.05) is 6.54 Å². The first-order chi connectivity index (χ1) is 5.41. The molecule has 0 rings (SSSR count). The SMILES string of the molecule is CC.CC.CC.CNCCO. The highest BCUT2D eigenvalue weighted by Gasteiger charge is 1.65. The van der Waals surface area contributed by atoms with Crippen molar-refractivity contribution in [2.24, 2.45) is 0 Å². The van der Waals surface area contributed by atoms with E-state index in [1.165, 1.54) is 0 Å². The van der Waals surface area contributed by atoms with Crippen LogP contribution < -0.4 is 5.32 Å². The standard InChI is InChI=1S/C3H9NO.3C2H6/c1-4-2-3-5;3*1-2/h4-5H,2-3H2,1H3;3*1-2H3. The van der Waals surface area contributed by atoms with E-state index in [-0.39, 0.29) is 6.61 Å². The number of nitrogens with one attached hydrogen (secondary N) is 1. The van der Waals surface area contributed by atoms with Gasteiger partial charge in [0.15, 0.2) is 0 Å². The van der Waals surface area contributed by atoms with Gasteiger partial charge in [0.1, 0.15) is 0 Å². The van der Waals surface area contributed by atoms with Gasteiger partial charge in [0.25, 0.3) is 0 Å². The van der Waals surface area contributed by atoms with Gasteiger partial charge >= 0.3 is 0 Å². The third kappa shape index (κ3) is 169. The Labute approximate surface area is 73.0 Å². The van der Waals surface area contributed by atoms with Gasteiger partial charge in [-0.2, -0.15) is 0 Å². The van der Waals surface area contributed by atoms with Crippen molar-refractivity contribution in [2.45, 2.75) is 41.5 Å². The maximum absolute atomic E-state index is 8.00. The molecule has 0 bridgehead atoms. The van der Waals surface area contributed by atoms with E-state index in [0.717, 1.165) is 0 Å². The maximum Gasteiger partial charge on any atom is 0.0555 e. The van der Waals surface area contributed by atoms with E-state index in [1.54, 1.807) is 7.05 Å². The van der Waals surface area contributed by atoms with Gasteiger partial charge in [-0.3, -0.25) is 0 Å². The first-order valence-corrected chi connectivity index (χ1v) is 4.67. The largest absolute Gasteiger partial charge is 0.395 e. The van der Waals surface area contributed by atoms with Gasteiger partial charge < -0.3 is 10.4 Å². The molecule has 0 aliphatic rings. The second kappa shape index (κ2) is 92.6. The lowest BCUT2D eigenvalue weighted by atomic mass is 10.7. The van der Waals surface area contributed by atoms with Crippen molar-refractivity contribution in [3.63, 3.8) is 0 Å². The van der Waals surface area contributed by atoms with Crippen LogP contribution in [0.4, 0.5) is 0 Å². The van der Waals surface area contributed by atoms with Crippen LogP contribution in [0.5, 0.6) is 0 Å². The molecule has 0 fully saturated rings. The van der Waals surface area contributed by atoms with Crippen LogP contribution in [0, 0.1) is 0 Å². The van der Waals surface area contributed by atoms with Gasteiger partial charge in [-0.05, 0) is 7.05 Å². The molecule has 0 aliphatic heterocycles. The second-order valence-electron chi connectivity index (χ2n) is 0.827. The second-order valence-corrected chi connectivity index (χ2v) is 0.827. The molecule has 0 amide bonds. The first kappa shape index (κ1) is 22.4. The van der Waals surface area contributed by atoms with Crippen LogP contribution in [0.1, 0.15) is 41.5 Å². The van der Waals surface area contributed by atoms with E-state index >= 15 is 0 Å². The predicted octanol–water partition coefficient (Wildman–Crippen LogP) is 2.28. The summed E-state index contributed by atoms with van der Waals surface area (Å²) in [4.78, 5) is 0. The molecule has 0 aromatic carbocycles. The molecule has 11 heavy (non-hydrogen) atoms. The summed E-state index contributed by atoms with van der Waals surface area (Å²) in [7, 11) is 1.80. The minimum absolute atomic E-state index is 0.233. The van der Waals surface area contributed by atoms with E-state index < -0.39 is 0 Å². The van der Waals surface area contributed by atoms with Crippen molar-refractivity contribution >= 4 is 0 Å². The molecule has 0 unspecified atom stereocenters. The van der Waals surface area contributed by atoms with E-state index in [2.05, 4.69) is 5.32 Å². The molecule has 0 atom stereocenters. The molecular formula is C9H27NO. The van der Waals surface area contributed by atoms with E-state index in [9.17, 15) is 0 Å². The molecule has 2 heteroatoms. The quantitative estimate of drug-likeness (QED) is 0.658. The van der Waals surface area contributed by atoms with Gasteiger partial charge in [-0.1, -0.05) is 41.5 Å². The van der Waals surface area contributed by atoms with Crippen molar-refractivity contribution in [2.75, 3.05) is 20.2 Å². The molecule has 2 nitrogen and oxygen atoms in total. The average Bonchev–Trinajstić information content (AvgIpc) is 2.16. The molecule has 0 saturated heterocycles. The summed E-state index contributed by atoms with van der Waals surface area (Å²) >= 11 is 0. The molecule has 0 saturated carbocycles. The first-order valence-electron chi connectivity index (χ1n) is 4.67. The zero-order valence-electron chi connectivity index (χ0n) is 9.36. The average molecular weight is 165 g/mol. The number of likely N-dealkylation sites (N-methyl/N-ethyl adjacent to an activating group) is 1. The summed E-state index contributed by atoms with van der Waals surface area (Å²) in [5.41, 5.74) is 0. The molecule has 74 valence electrons. The van der Waals surface area contributed by atoms with Crippen LogP contribution >= 0.6 is 0 Å². The van der Waals surface area contributed by atoms with Crippen LogP contribution in [0.3, 0.4) is 0 Å². The van der Waals surface area contributed by atoms with Crippen LogP contribution in [-0.4, -0.2) is 25.3 Å². The zero-order chi connectivity index (χ0) is 10.1. The minimum Gasteiger partial charge on any atom is -0.395 e. The number of hydrogen-bond acceptors (Lipinski definition) is 2. The molecular weight excluding hydrogens is 138 g/mol. The van der Waals surface area contributed by atoms with Gasteiger partial charge in [0.05, 0.1) is 6.61 Å². The summed E-state index contributed by atoms with van der Waals surface area (Å²) in [6, 6.07) is 0. The normalized spacial score (nSPS) is 5.45. The van der Waals surface area contributed by atoms with Gasteiger partial charge in [-0.15, -0.1) is 0 Å². The predicted molar refractivity (Wildman–Crippen MR) is 55.1 cm³/mol. The summed E-state index contributed by atoms with van der Waals surface area (Å²) in [5.74, 6) is 0. The fourth-order valence-corrected chi connectivity index (χ4v) is 0.112. The van der Waals surface area contributed by atoms with Crippen molar-refractivity contribution in [1.82, 2.24) is 5.32 Å². The Morgan fingerprint density at radius 3 is 1.18 bits per heavy atom. The Bertz CT molecular complexity index is 17.0. The molecule has 2 N–H and O–H groups in total. The van der Waals surface area contributed by atoms with Crippen LogP contribution in [0.15, 0.2) is 0 Å². The molecule has 0 aromatic heterocycles. The number of aliphatic hydroxyl groups is 1. The monoisotopic (exact) mass is 165 g/mol. The minimum atomic E-state index is 0.233. The lowest BCUT2D eigenvalue weighted by molar-refractivity contribution is 0.296. The van der Waals surface area contributed by atoms with Gasteiger partial charge in [0.2, 0.25) is 0 Å². The molecule has 0 spiro atoms. The Morgan fingerprint density at radius 2 is 1.18 bits per heavy atom. The molecule has 0 aromatic rings. The van der Waals surface area contributed by atoms with Crippen molar-refractivity contribution in [1.29, 1.82) is 0 Å². The van der Waals surface area contributed by atoms with Crippen molar-refractivity contribution in [3.05, 3.63) is 0 Å². The Kier molecular flexibility index (Phi) is 189. The third-order valence-electron chi connectivity index (χ3n) is 0.362. The van der Waals surface area contributed by atoms with Crippen molar-refractivity contribution in [3.8, 4) is 0 Å². The van der Waals surface area contributed by atoms with Gasteiger partial charge in [-0.25, -0.2) is 0 Å². The topological polar surface area (TPSA) is 32.3 Å². The zero-order valence-corrected chi connectivity index (χ0v) is 9.36. The highest BCUT2D eigenvalue weighted by Crippen LogP contribution is 1.42. The third-order valence-corrected chi connectivity index (χ3v) is 0.362. The maximum atomic E-state index is 8.00. The molecule has 0 heterocycles. The number of rotatable bonds is 2. The summed E-state index contributed by atoms with van der Waals surface area (Å²) in [6.45, 7) is 12.9. The highest BCUT2D eigenvalue weighted by atomic mass is 16.3. The summed E-state index contributed by atoms with van der Waals surface area (Å²) in [6.07, 6.45) is 0. The smallest absolute Gasteiger partial charge is 0.0555 e. The number of hydrogen-bond donors (Lipinski definition) is 2. The van der Waals surface area contributed by atoms with Crippen LogP contribution in [-0.2, 0) is 0 Å². The van der Waals surface area contributed by atoms with Crippen LogP contribution in [0.25, 0.3) is 0 Å². The highest BCUT2D eigenvalue weighted by molar-refractivity contribution is 4.27. The lowest BCUT2D eigenvalue weighted by Gasteiger charge is -1.84. The lowest BCUT2D eigenvalue weighted by Crippen LogP contribution is -2.10. The Morgan fingerprint density at radius 1 is 0.909 bits per heavy atom. The van der Waals surface area contributed by atoms with E-state index in [0.29, 0.717) is 6.54 Å². The Balaban J connectivity index is -0.0000000350. The summed E-state index contributed by atoms with van der Waals surface area (Å²) in [5, 5.41) is 10.8. The molecule has 0 radical (unpaired) electrons. The summed E-state index contributed by atoms with van der Waals surface area (Å²) < 4.78 is 0. The van der Waals surface area contributed by atoms with E-state index in [4.69, 9.17) is 5.11 Å². The van der Waals surface area contributed by atoms with E-state index in [1.807, 2.05) is 41.5 Å². The number of aliphatic hydroxyl groups excluding tert-OH is 1. The fourth-order valence-electron chi connectivity index (χ4n) is 0.112. The van der Waals surface area contributed by atoms with Crippen molar-refractivity contribution < 1.29 is 5.11 Å².